The Morgan fingerprint density at radius 1 is 0.529 bits per heavy atom. The molecule has 2 aromatic carbocycles. The van der Waals surface area contributed by atoms with Gasteiger partial charge in [0.05, 0.1) is 25.6 Å². The Kier molecular flexibility index (Phi) is 10.4. The molecule has 51 heavy (non-hydrogen) atoms. The van der Waals surface area contributed by atoms with Crippen LogP contribution in [-0.4, -0.2) is 62.3 Å². The fraction of sp³-hybridized carbons (Fsp3) is 0.422. The van der Waals surface area contributed by atoms with Crippen LogP contribution >= 0.6 is 0 Å². The standard InChI is InChI=1S/C23H28N2O.C22H26N2O/c1-15-11-18-5-6-19-12-16(2)14-24-23(19)22(21(18)20(13-15)26-4)17-7-9-25(3)10-8-17;1-14-10-17-4-5-18-11-15(2)13-24-22(18)21(16-6-8-23-9-7-16)20(17)19(12-14)25-3/h11-14H,5-10H2,1-4H3;10-13,23H,4-9H2,1-3H3. The molecule has 2 fully saturated rings. The number of fused-ring (bicyclic) bond motifs is 4. The van der Waals surface area contributed by atoms with Gasteiger partial charge in [0.15, 0.2) is 0 Å². The van der Waals surface area contributed by atoms with Crippen LogP contribution in [0.15, 0.2) is 59.9 Å². The summed E-state index contributed by atoms with van der Waals surface area (Å²) in [7, 11) is 5.79. The highest BCUT2D eigenvalue weighted by atomic mass is 16.5. The zero-order valence-corrected chi connectivity index (χ0v) is 31.8. The van der Waals surface area contributed by atoms with Gasteiger partial charge in [-0.15, -0.1) is 0 Å². The molecular formula is C45H54N4O2. The summed E-state index contributed by atoms with van der Waals surface area (Å²) in [6.45, 7) is 12.9. The number of likely N-dealkylation sites (tertiary alicyclic amines) is 1. The lowest BCUT2D eigenvalue weighted by atomic mass is 9.87. The van der Waals surface area contributed by atoms with Gasteiger partial charge in [-0.1, -0.05) is 35.4 Å². The number of nitrogens with one attached hydrogen (secondary N) is 1. The normalized spacial score (nSPS) is 17.2. The van der Waals surface area contributed by atoms with Crippen molar-refractivity contribution >= 4 is 11.1 Å². The summed E-state index contributed by atoms with van der Waals surface area (Å²) in [5.74, 6) is 1.99. The molecule has 6 heteroatoms. The van der Waals surface area contributed by atoms with Gasteiger partial charge in [-0.05, 0) is 156 Å². The fourth-order valence-corrected chi connectivity index (χ4v) is 8.61. The molecule has 0 spiro atoms. The van der Waals surface area contributed by atoms with Gasteiger partial charge in [0.25, 0.3) is 0 Å². The molecule has 4 aliphatic rings. The number of piperidine rings is 2. The molecule has 1 N–H and O–H groups in total. The average Bonchev–Trinajstić information content (AvgIpc) is 3.39. The molecule has 4 aromatic rings. The van der Waals surface area contributed by atoms with Gasteiger partial charge in [-0.3, -0.25) is 9.97 Å². The minimum Gasteiger partial charge on any atom is -0.496 e. The molecule has 2 aromatic heterocycles. The highest BCUT2D eigenvalue weighted by Crippen LogP contribution is 2.44. The Hall–Kier alpha value is -4.26. The quantitative estimate of drug-likeness (QED) is 0.230. The van der Waals surface area contributed by atoms with E-state index in [1.54, 1.807) is 14.2 Å². The molecule has 0 saturated carbocycles. The van der Waals surface area contributed by atoms with E-state index in [-0.39, 0.29) is 0 Å². The number of hydrogen-bond donors (Lipinski definition) is 1. The summed E-state index contributed by atoms with van der Waals surface area (Å²) in [6.07, 6.45) is 12.6. The van der Waals surface area contributed by atoms with E-state index >= 15 is 0 Å². The second-order valence-corrected chi connectivity index (χ2v) is 15.1. The number of methoxy groups -OCH3 is 2. The lowest BCUT2D eigenvalue weighted by Gasteiger charge is -2.27. The van der Waals surface area contributed by atoms with Gasteiger partial charge in [-0.25, -0.2) is 0 Å². The molecule has 0 atom stereocenters. The minimum atomic E-state index is 0.992. The summed E-state index contributed by atoms with van der Waals surface area (Å²) in [6, 6.07) is 13.6. The number of rotatable bonds is 2. The average molecular weight is 683 g/mol. The van der Waals surface area contributed by atoms with Gasteiger partial charge < -0.3 is 19.7 Å². The highest BCUT2D eigenvalue weighted by molar-refractivity contribution is 5.88. The fourth-order valence-electron chi connectivity index (χ4n) is 8.61. The first-order chi connectivity index (χ1) is 24.7. The van der Waals surface area contributed by atoms with E-state index in [0.29, 0.717) is 0 Å². The Morgan fingerprint density at radius 2 is 0.941 bits per heavy atom. The van der Waals surface area contributed by atoms with Crippen molar-refractivity contribution in [1.82, 2.24) is 20.2 Å². The van der Waals surface area contributed by atoms with Gasteiger partial charge in [0.1, 0.15) is 11.5 Å². The maximum Gasteiger partial charge on any atom is 0.127 e. The van der Waals surface area contributed by atoms with Crippen LogP contribution in [0.2, 0.25) is 0 Å². The van der Waals surface area contributed by atoms with Crippen LogP contribution in [0, 0.1) is 27.7 Å². The van der Waals surface area contributed by atoms with E-state index in [1.807, 2.05) is 12.4 Å². The van der Waals surface area contributed by atoms with Crippen LogP contribution in [0.3, 0.4) is 0 Å². The Bertz CT molecular complexity index is 2010. The molecule has 266 valence electrons. The zero-order valence-electron chi connectivity index (χ0n) is 31.8. The van der Waals surface area contributed by atoms with Gasteiger partial charge in [0, 0.05) is 47.8 Å². The van der Waals surface area contributed by atoms with E-state index in [1.165, 1.54) is 89.3 Å². The van der Waals surface area contributed by atoms with Crippen molar-refractivity contribution in [3.8, 4) is 11.5 Å². The van der Waals surface area contributed by atoms with E-state index in [9.17, 15) is 0 Å². The first-order valence-electron chi connectivity index (χ1n) is 18.8. The molecule has 0 unspecified atom stereocenters. The highest BCUT2D eigenvalue weighted by Gasteiger charge is 2.29. The van der Waals surface area contributed by atoms with Crippen LogP contribution in [0.4, 0.5) is 0 Å². The molecule has 2 aliphatic carbocycles. The number of ether oxygens (including phenoxy) is 2. The number of aryl methyl sites for hydroxylation is 8. The van der Waals surface area contributed by atoms with Crippen molar-refractivity contribution in [2.24, 2.45) is 0 Å². The number of pyridine rings is 2. The van der Waals surface area contributed by atoms with Crippen LogP contribution in [0.1, 0.15) is 92.7 Å². The molecule has 2 aliphatic heterocycles. The van der Waals surface area contributed by atoms with E-state index in [0.717, 1.165) is 89.0 Å². The molecule has 4 heterocycles. The smallest absolute Gasteiger partial charge is 0.127 e. The summed E-state index contributed by atoms with van der Waals surface area (Å²) in [4.78, 5) is 12.2. The van der Waals surface area contributed by atoms with Crippen molar-refractivity contribution in [3.05, 3.63) is 127 Å². The van der Waals surface area contributed by atoms with Crippen molar-refractivity contribution < 1.29 is 9.47 Å². The Labute approximate surface area is 305 Å². The predicted molar refractivity (Wildman–Crippen MR) is 209 cm³/mol. The lowest BCUT2D eigenvalue weighted by molar-refractivity contribution is 0.313. The molecule has 8 rings (SSSR count). The number of hydrogen-bond acceptors (Lipinski definition) is 6. The van der Waals surface area contributed by atoms with Crippen LogP contribution < -0.4 is 14.8 Å². The second-order valence-electron chi connectivity index (χ2n) is 15.1. The summed E-state index contributed by atoms with van der Waals surface area (Å²) in [5.41, 5.74) is 21.2. The first-order valence-corrected chi connectivity index (χ1v) is 18.8. The largest absolute Gasteiger partial charge is 0.496 e. The van der Waals surface area contributed by atoms with Crippen molar-refractivity contribution in [2.45, 2.75) is 79.1 Å². The van der Waals surface area contributed by atoms with Crippen molar-refractivity contribution in [3.63, 3.8) is 0 Å². The van der Waals surface area contributed by atoms with E-state index < -0.39 is 0 Å². The van der Waals surface area contributed by atoms with Gasteiger partial charge >= 0.3 is 0 Å². The van der Waals surface area contributed by atoms with Crippen molar-refractivity contribution in [1.29, 1.82) is 0 Å². The summed E-state index contributed by atoms with van der Waals surface area (Å²) in [5, 5.41) is 3.48. The summed E-state index contributed by atoms with van der Waals surface area (Å²) < 4.78 is 11.7. The maximum atomic E-state index is 5.86. The third kappa shape index (κ3) is 7.27. The molecule has 6 nitrogen and oxygen atoms in total. The number of nitrogens with zero attached hydrogens (tertiary/aromatic N) is 3. The molecule has 0 radical (unpaired) electrons. The predicted octanol–water partition coefficient (Wildman–Crippen LogP) is 8.32. The van der Waals surface area contributed by atoms with Gasteiger partial charge in [-0.2, -0.15) is 0 Å². The lowest BCUT2D eigenvalue weighted by Crippen LogP contribution is -2.27. The van der Waals surface area contributed by atoms with E-state index in [4.69, 9.17) is 19.4 Å². The monoisotopic (exact) mass is 682 g/mol. The third-order valence-corrected chi connectivity index (χ3v) is 11.1. The van der Waals surface area contributed by atoms with Crippen LogP contribution in [0.25, 0.3) is 11.1 Å². The second kappa shape index (κ2) is 15.1. The van der Waals surface area contributed by atoms with Crippen LogP contribution in [0.5, 0.6) is 11.5 Å². The SMILES string of the molecule is COc1cc(C)cc2c1C(=C1CCN(C)CC1)c1ncc(C)cc1CC2.COc1cc(C)cc2c1C(=C1CCNCC1)c1ncc(C)cc1CC2. The summed E-state index contributed by atoms with van der Waals surface area (Å²) >= 11 is 0. The molecule has 2 saturated heterocycles. The van der Waals surface area contributed by atoms with Crippen LogP contribution in [-0.2, 0) is 25.7 Å². The Morgan fingerprint density at radius 3 is 1.39 bits per heavy atom. The molecule has 0 amide bonds. The minimum absolute atomic E-state index is 0.992. The van der Waals surface area contributed by atoms with E-state index in [2.05, 4.69) is 81.4 Å². The first kappa shape index (κ1) is 35.2. The topological polar surface area (TPSA) is 59.5 Å². The third-order valence-electron chi connectivity index (χ3n) is 11.1. The van der Waals surface area contributed by atoms with Crippen molar-refractivity contribution in [2.75, 3.05) is 47.4 Å². The maximum absolute atomic E-state index is 5.86. The molecular weight excluding hydrogens is 629 g/mol. The zero-order chi connectivity index (χ0) is 35.6. The Balaban J connectivity index is 0.000000159. The van der Waals surface area contributed by atoms with Gasteiger partial charge in [0.2, 0.25) is 0 Å². The number of aromatic nitrogens is 2. The number of benzene rings is 2. The molecule has 0 bridgehead atoms.